The van der Waals surface area contributed by atoms with E-state index >= 15 is 0 Å². The molecule has 0 aliphatic carbocycles. The van der Waals surface area contributed by atoms with Crippen molar-refractivity contribution >= 4 is 5.97 Å². The van der Waals surface area contributed by atoms with E-state index in [0.29, 0.717) is 6.54 Å². The van der Waals surface area contributed by atoms with Crippen LogP contribution in [0, 0.1) is 6.92 Å². The van der Waals surface area contributed by atoms with Crippen LogP contribution in [0.25, 0.3) is 0 Å². The second-order valence-electron chi connectivity index (χ2n) is 4.43. The maximum Gasteiger partial charge on any atom is 0.325 e. The van der Waals surface area contributed by atoms with Gasteiger partial charge in [-0.3, -0.25) is 15.1 Å². The number of aliphatic carboxylic acids is 1. The van der Waals surface area contributed by atoms with E-state index in [0.717, 1.165) is 16.7 Å². The summed E-state index contributed by atoms with van der Waals surface area (Å²) >= 11 is 0. The zero-order valence-corrected chi connectivity index (χ0v) is 10.7. The van der Waals surface area contributed by atoms with Gasteiger partial charge in [-0.05, 0) is 24.1 Å². The molecular formula is C15H16N2O2. The van der Waals surface area contributed by atoms with E-state index in [4.69, 9.17) is 0 Å². The molecule has 0 aliphatic rings. The third kappa shape index (κ3) is 3.63. The lowest BCUT2D eigenvalue weighted by atomic mass is 10.0. The number of nitrogens with one attached hydrogen (secondary N) is 1. The first-order valence-electron chi connectivity index (χ1n) is 6.08. The van der Waals surface area contributed by atoms with Crippen LogP contribution in [-0.4, -0.2) is 16.1 Å². The van der Waals surface area contributed by atoms with Gasteiger partial charge in [-0.25, -0.2) is 0 Å². The van der Waals surface area contributed by atoms with Crippen molar-refractivity contribution in [3.05, 3.63) is 65.5 Å². The van der Waals surface area contributed by atoms with Crippen molar-refractivity contribution in [3.8, 4) is 0 Å². The van der Waals surface area contributed by atoms with Crippen LogP contribution in [0.4, 0.5) is 0 Å². The maximum atomic E-state index is 11.4. The summed E-state index contributed by atoms with van der Waals surface area (Å²) in [6.45, 7) is 2.42. The Morgan fingerprint density at radius 3 is 2.84 bits per heavy atom. The zero-order chi connectivity index (χ0) is 13.7. The number of rotatable bonds is 5. The van der Waals surface area contributed by atoms with Crippen LogP contribution in [0.1, 0.15) is 22.7 Å². The summed E-state index contributed by atoms with van der Waals surface area (Å²) in [5, 5.41) is 12.4. The molecule has 1 unspecified atom stereocenters. The molecule has 4 nitrogen and oxygen atoms in total. The number of benzene rings is 1. The number of pyridine rings is 1. The zero-order valence-electron chi connectivity index (χ0n) is 10.7. The van der Waals surface area contributed by atoms with Crippen molar-refractivity contribution in [1.82, 2.24) is 10.3 Å². The first-order chi connectivity index (χ1) is 9.16. The van der Waals surface area contributed by atoms with Crippen LogP contribution >= 0.6 is 0 Å². The van der Waals surface area contributed by atoms with E-state index in [1.807, 2.05) is 43.3 Å². The van der Waals surface area contributed by atoms with Crippen molar-refractivity contribution in [3.63, 3.8) is 0 Å². The largest absolute Gasteiger partial charge is 0.480 e. The van der Waals surface area contributed by atoms with E-state index in [2.05, 4.69) is 10.3 Å². The minimum atomic E-state index is -0.880. The average Bonchev–Trinajstić information content (AvgIpc) is 2.40. The van der Waals surface area contributed by atoms with Crippen molar-refractivity contribution in [2.24, 2.45) is 0 Å². The molecule has 1 atom stereocenters. The molecule has 0 aliphatic heterocycles. The molecule has 0 radical (unpaired) electrons. The van der Waals surface area contributed by atoms with Crippen molar-refractivity contribution in [2.75, 3.05) is 0 Å². The summed E-state index contributed by atoms with van der Waals surface area (Å²) in [5.74, 6) is -0.880. The number of hydrogen-bond donors (Lipinski definition) is 2. The topological polar surface area (TPSA) is 62.2 Å². The molecule has 2 N–H and O–H groups in total. The van der Waals surface area contributed by atoms with Gasteiger partial charge in [0, 0.05) is 18.9 Å². The second kappa shape index (κ2) is 6.11. The lowest BCUT2D eigenvalue weighted by molar-refractivity contribution is -0.139. The predicted molar refractivity (Wildman–Crippen MR) is 72.6 cm³/mol. The Morgan fingerprint density at radius 2 is 2.21 bits per heavy atom. The summed E-state index contributed by atoms with van der Waals surface area (Å²) in [5.41, 5.74) is 2.77. The number of carboxylic acids is 1. The molecule has 98 valence electrons. The number of aromatic nitrogens is 1. The van der Waals surface area contributed by atoms with Crippen molar-refractivity contribution in [1.29, 1.82) is 0 Å². The Kier molecular flexibility index (Phi) is 4.26. The Bertz CT molecular complexity index is 555. The highest BCUT2D eigenvalue weighted by atomic mass is 16.4. The first kappa shape index (κ1) is 13.2. The molecule has 2 aromatic rings. The molecule has 0 saturated heterocycles. The van der Waals surface area contributed by atoms with Gasteiger partial charge in [-0.2, -0.15) is 0 Å². The van der Waals surface area contributed by atoms with Gasteiger partial charge in [0.25, 0.3) is 0 Å². The van der Waals surface area contributed by atoms with Crippen molar-refractivity contribution in [2.45, 2.75) is 19.5 Å². The molecule has 4 heteroatoms. The number of nitrogens with zero attached hydrogens (tertiary/aromatic N) is 1. The quantitative estimate of drug-likeness (QED) is 0.861. The van der Waals surface area contributed by atoms with Gasteiger partial charge < -0.3 is 5.11 Å². The molecular weight excluding hydrogens is 240 g/mol. The average molecular weight is 256 g/mol. The fourth-order valence-corrected chi connectivity index (χ4v) is 1.92. The summed E-state index contributed by atoms with van der Waals surface area (Å²) in [4.78, 5) is 15.4. The van der Waals surface area contributed by atoms with Gasteiger partial charge >= 0.3 is 5.97 Å². The monoisotopic (exact) mass is 256 g/mol. The summed E-state index contributed by atoms with van der Waals surface area (Å²) in [6, 6.07) is 10.6. The Morgan fingerprint density at radius 1 is 1.37 bits per heavy atom. The molecule has 0 amide bonds. The summed E-state index contributed by atoms with van der Waals surface area (Å²) < 4.78 is 0. The van der Waals surface area contributed by atoms with Gasteiger partial charge in [0.1, 0.15) is 6.04 Å². The third-order valence-electron chi connectivity index (χ3n) is 2.86. The van der Waals surface area contributed by atoms with Gasteiger partial charge in [0.05, 0.1) is 0 Å². The minimum absolute atomic E-state index is 0.471. The van der Waals surface area contributed by atoms with Crippen LogP contribution < -0.4 is 5.32 Å². The van der Waals surface area contributed by atoms with E-state index in [1.54, 1.807) is 12.4 Å². The lowest BCUT2D eigenvalue weighted by Crippen LogP contribution is -2.28. The highest BCUT2D eigenvalue weighted by molar-refractivity contribution is 5.75. The van der Waals surface area contributed by atoms with Gasteiger partial charge in [-0.1, -0.05) is 35.9 Å². The van der Waals surface area contributed by atoms with Crippen LogP contribution in [0.5, 0.6) is 0 Å². The summed E-state index contributed by atoms with van der Waals surface area (Å²) in [7, 11) is 0. The molecule has 19 heavy (non-hydrogen) atoms. The van der Waals surface area contributed by atoms with E-state index in [1.165, 1.54) is 0 Å². The smallest absolute Gasteiger partial charge is 0.325 e. The number of hydrogen-bond acceptors (Lipinski definition) is 3. The molecule has 0 bridgehead atoms. The molecule has 1 aromatic carbocycles. The fraction of sp³-hybridized carbons (Fsp3) is 0.200. The second-order valence-corrected chi connectivity index (χ2v) is 4.43. The van der Waals surface area contributed by atoms with Crippen LogP contribution in [-0.2, 0) is 11.3 Å². The SMILES string of the molecule is Cc1cccc(C(NCc2cccnc2)C(=O)O)c1. The minimum Gasteiger partial charge on any atom is -0.480 e. The highest BCUT2D eigenvalue weighted by Gasteiger charge is 2.18. The number of carbonyl (C=O) groups is 1. The molecule has 1 aromatic heterocycles. The van der Waals surface area contributed by atoms with E-state index in [-0.39, 0.29) is 0 Å². The molecule has 1 heterocycles. The molecule has 0 saturated carbocycles. The Balaban J connectivity index is 2.11. The van der Waals surface area contributed by atoms with Gasteiger partial charge in [0.15, 0.2) is 0 Å². The normalized spacial score (nSPS) is 12.1. The Hall–Kier alpha value is -2.20. The number of carboxylic acid groups (broad SMARTS) is 1. The summed E-state index contributed by atoms with van der Waals surface area (Å²) in [6.07, 6.45) is 3.42. The standard InChI is InChI=1S/C15H16N2O2/c1-11-4-2-6-13(8-11)14(15(18)19)17-10-12-5-3-7-16-9-12/h2-9,14,17H,10H2,1H3,(H,18,19). The Labute approximate surface area is 112 Å². The molecule has 0 spiro atoms. The molecule has 0 fully saturated rings. The predicted octanol–water partition coefficient (Wildman–Crippen LogP) is 2.31. The van der Waals surface area contributed by atoms with Gasteiger partial charge in [0.2, 0.25) is 0 Å². The van der Waals surface area contributed by atoms with Crippen LogP contribution in [0.15, 0.2) is 48.8 Å². The third-order valence-corrected chi connectivity index (χ3v) is 2.86. The van der Waals surface area contributed by atoms with Gasteiger partial charge in [-0.15, -0.1) is 0 Å². The lowest BCUT2D eigenvalue weighted by Gasteiger charge is -2.15. The fourth-order valence-electron chi connectivity index (χ4n) is 1.92. The van der Waals surface area contributed by atoms with Crippen LogP contribution in [0.2, 0.25) is 0 Å². The molecule has 2 rings (SSSR count). The van der Waals surface area contributed by atoms with E-state index in [9.17, 15) is 9.90 Å². The maximum absolute atomic E-state index is 11.4. The number of aryl methyl sites for hydroxylation is 1. The highest BCUT2D eigenvalue weighted by Crippen LogP contribution is 2.15. The van der Waals surface area contributed by atoms with Crippen molar-refractivity contribution < 1.29 is 9.90 Å². The van der Waals surface area contributed by atoms with E-state index < -0.39 is 12.0 Å². The van der Waals surface area contributed by atoms with Crippen LogP contribution in [0.3, 0.4) is 0 Å². The first-order valence-corrected chi connectivity index (χ1v) is 6.08.